The second kappa shape index (κ2) is 10.2. The van der Waals surface area contributed by atoms with Gasteiger partial charge in [0.15, 0.2) is 6.61 Å². The standard InChI is InChI=1S/C22H25ClN2O5/c1-28-18-4-3-5-19(29-2)21(18)22(27)25-12-10-16(11-13-25)24-20(26)14-30-17-8-6-15(23)7-9-17/h3-9,16H,10-14H2,1-2H3,(H,24,26). The van der Waals surface area contributed by atoms with E-state index in [1.165, 1.54) is 14.2 Å². The maximum atomic E-state index is 13.0. The summed E-state index contributed by atoms with van der Waals surface area (Å²) in [6.07, 6.45) is 1.33. The third-order valence-electron chi connectivity index (χ3n) is 4.97. The van der Waals surface area contributed by atoms with Crippen LogP contribution in [0.2, 0.25) is 5.02 Å². The SMILES string of the molecule is COc1cccc(OC)c1C(=O)N1CCC(NC(=O)COc2ccc(Cl)cc2)CC1. The van der Waals surface area contributed by atoms with E-state index in [-0.39, 0.29) is 24.5 Å². The van der Waals surface area contributed by atoms with Crippen LogP contribution in [-0.4, -0.2) is 56.7 Å². The minimum Gasteiger partial charge on any atom is -0.496 e. The summed E-state index contributed by atoms with van der Waals surface area (Å²) in [6.45, 7) is 0.991. The Hall–Kier alpha value is -2.93. The molecule has 2 aromatic carbocycles. The molecule has 1 heterocycles. The number of likely N-dealkylation sites (tertiary alicyclic amines) is 1. The molecule has 0 aliphatic carbocycles. The Morgan fingerprint density at radius 2 is 1.63 bits per heavy atom. The zero-order chi connectivity index (χ0) is 21.5. The van der Waals surface area contributed by atoms with Gasteiger partial charge in [-0.15, -0.1) is 0 Å². The van der Waals surface area contributed by atoms with Gasteiger partial charge in [0.1, 0.15) is 22.8 Å². The highest BCUT2D eigenvalue weighted by Gasteiger charge is 2.28. The molecule has 30 heavy (non-hydrogen) atoms. The second-order valence-electron chi connectivity index (χ2n) is 6.91. The Morgan fingerprint density at radius 1 is 1.03 bits per heavy atom. The Morgan fingerprint density at radius 3 is 2.20 bits per heavy atom. The summed E-state index contributed by atoms with van der Waals surface area (Å²) in [6, 6.07) is 12.1. The number of nitrogens with zero attached hydrogens (tertiary/aromatic N) is 1. The molecule has 0 radical (unpaired) electrons. The van der Waals surface area contributed by atoms with Crippen LogP contribution in [0.15, 0.2) is 42.5 Å². The van der Waals surface area contributed by atoms with Crippen molar-refractivity contribution in [2.45, 2.75) is 18.9 Å². The van der Waals surface area contributed by atoms with Crippen LogP contribution in [0.25, 0.3) is 0 Å². The van der Waals surface area contributed by atoms with Crippen molar-refractivity contribution in [3.05, 3.63) is 53.1 Å². The Kier molecular flexibility index (Phi) is 7.41. The van der Waals surface area contributed by atoms with Gasteiger partial charge in [0, 0.05) is 24.2 Å². The fraction of sp³-hybridized carbons (Fsp3) is 0.364. The summed E-state index contributed by atoms with van der Waals surface area (Å²) < 4.78 is 16.1. The molecular weight excluding hydrogens is 408 g/mol. The van der Waals surface area contributed by atoms with E-state index in [4.69, 9.17) is 25.8 Å². The number of rotatable bonds is 7. The van der Waals surface area contributed by atoms with Crippen LogP contribution in [0, 0.1) is 0 Å². The molecule has 1 N–H and O–H groups in total. The average molecular weight is 433 g/mol. The van der Waals surface area contributed by atoms with Crippen molar-refractivity contribution in [1.29, 1.82) is 0 Å². The molecule has 2 amide bonds. The highest BCUT2D eigenvalue weighted by Crippen LogP contribution is 2.30. The normalized spacial score (nSPS) is 14.2. The largest absolute Gasteiger partial charge is 0.496 e. The number of hydrogen-bond donors (Lipinski definition) is 1. The van der Waals surface area contributed by atoms with Gasteiger partial charge in [-0.3, -0.25) is 9.59 Å². The average Bonchev–Trinajstić information content (AvgIpc) is 2.78. The van der Waals surface area contributed by atoms with Gasteiger partial charge in [0.25, 0.3) is 11.8 Å². The van der Waals surface area contributed by atoms with E-state index in [0.29, 0.717) is 53.8 Å². The van der Waals surface area contributed by atoms with E-state index in [1.54, 1.807) is 47.4 Å². The minimum atomic E-state index is -0.193. The first-order chi connectivity index (χ1) is 14.5. The maximum absolute atomic E-state index is 13.0. The van der Waals surface area contributed by atoms with Gasteiger partial charge in [-0.05, 0) is 49.2 Å². The zero-order valence-electron chi connectivity index (χ0n) is 17.0. The lowest BCUT2D eigenvalue weighted by Crippen LogP contribution is -2.47. The molecule has 0 bridgehead atoms. The number of ether oxygens (including phenoxy) is 3. The molecule has 160 valence electrons. The number of carbonyl (C=O) groups is 2. The van der Waals surface area contributed by atoms with E-state index < -0.39 is 0 Å². The first-order valence-electron chi connectivity index (χ1n) is 9.69. The summed E-state index contributed by atoms with van der Waals surface area (Å²) in [5, 5.41) is 3.58. The Labute approximate surface area is 180 Å². The summed E-state index contributed by atoms with van der Waals surface area (Å²) in [5.74, 6) is 1.21. The van der Waals surface area contributed by atoms with Crippen molar-refractivity contribution in [2.24, 2.45) is 0 Å². The van der Waals surface area contributed by atoms with Crippen molar-refractivity contribution in [1.82, 2.24) is 10.2 Å². The van der Waals surface area contributed by atoms with E-state index >= 15 is 0 Å². The van der Waals surface area contributed by atoms with Gasteiger partial charge in [-0.1, -0.05) is 17.7 Å². The third-order valence-corrected chi connectivity index (χ3v) is 5.22. The highest BCUT2D eigenvalue weighted by atomic mass is 35.5. The van der Waals surface area contributed by atoms with Gasteiger partial charge < -0.3 is 24.4 Å². The molecule has 1 fully saturated rings. The van der Waals surface area contributed by atoms with Gasteiger partial charge in [-0.25, -0.2) is 0 Å². The number of carbonyl (C=O) groups excluding carboxylic acids is 2. The van der Waals surface area contributed by atoms with Gasteiger partial charge in [0.2, 0.25) is 0 Å². The quantitative estimate of drug-likeness (QED) is 0.727. The summed E-state index contributed by atoms with van der Waals surface area (Å²) >= 11 is 5.83. The molecule has 0 saturated carbocycles. The van der Waals surface area contributed by atoms with E-state index in [0.717, 1.165) is 0 Å². The Bertz CT molecular complexity index is 857. The maximum Gasteiger partial charge on any atom is 0.261 e. The van der Waals surface area contributed by atoms with Crippen LogP contribution in [0.1, 0.15) is 23.2 Å². The lowest BCUT2D eigenvalue weighted by Gasteiger charge is -2.33. The van der Waals surface area contributed by atoms with Crippen molar-refractivity contribution in [2.75, 3.05) is 33.9 Å². The Balaban J connectivity index is 1.50. The molecule has 0 spiro atoms. The molecule has 1 saturated heterocycles. The predicted octanol–water partition coefficient (Wildman–Crippen LogP) is 3.16. The molecule has 3 rings (SSSR count). The monoisotopic (exact) mass is 432 g/mol. The molecule has 1 aliphatic heterocycles. The number of methoxy groups -OCH3 is 2. The van der Waals surface area contributed by atoms with Crippen LogP contribution >= 0.6 is 11.6 Å². The van der Waals surface area contributed by atoms with Gasteiger partial charge in [-0.2, -0.15) is 0 Å². The number of benzene rings is 2. The van der Waals surface area contributed by atoms with Crippen LogP contribution in [-0.2, 0) is 4.79 Å². The molecule has 0 atom stereocenters. The van der Waals surface area contributed by atoms with Crippen molar-refractivity contribution >= 4 is 23.4 Å². The molecule has 0 aromatic heterocycles. The van der Waals surface area contributed by atoms with Crippen molar-refractivity contribution in [3.8, 4) is 17.2 Å². The van der Waals surface area contributed by atoms with Crippen LogP contribution < -0.4 is 19.5 Å². The third kappa shape index (κ3) is 5.36. The zero-order valence-corrected chi connectivity index (χ0v) is 17.8. The number of halogens is 1. The molecule has 0 unspecified atom stereocenters. The lowest BCUT2D eigenvalue weighted by atomic mass is 10.0. The molecule has 2 aromatic rings. The highest BCUT2D eigenvalue weighted by molar-refractivity contribution is 6.30. The van der Waals surface area contributed by atoms with Gasteiger partial charge >= 0.3 is 0 Å². The molecule has 7 nitrogen and oxygen atoms in total. The van der Waals surface area contributed by atoms with Crippen molar-refractivity contribution < 1.29 is 23.8 Å². The van der Waals surface area contributed by atoms with E-state index in [9.17, 15) is 9.59 Å². The summed E-state index contributed by atoms with van der Waals surface area (Å²) in [7, 11) is 3.05. The fourth-order valence-corrected chi connectivity index (χ4v) is 3.52. The fourth-order valence-electron chi connectivity index (χ4n) is 3.40. The van der Waals surface area contributed by atoms with Crippen LogP contribution in [0.3, 0.4) is 0 Å². The molecule has 8 heteroatoms. The number of amides is 2. The topological polar surface area (TPSA) is 77.1 Å². The van der Waals surface area contributed by atoms with Crippen LogP contribution in [0.5, 0.6) is 17.2 Å². The summed E-state index contributed by atoms with van der Waals surface area (Å²) in [4.78, 5) is 27.0. The second-order valence-corrected chi connectivity index (χ2v) is 7.35. The minimum absolute atomic E-state index is 0.00469. The lowest BCUT2D eigenvalue weighted by molar-refractivity contribution is -0.124. The van der Waals surface area contributed by atoms with Crippen molar-refractivity contribution in [3.63, 3.8) is 0 Å². The smallest absolute Gasteiger partial charge is 0.261 e. The molecule has 1 aliphatic rings. The predicted molar refractivity (Wildman–Crippen MR) is 114 cm³/mol. The number of piperidine rings is 1. The number of nitrogens with one attached hydrogen (secondary N) is 1. The van der Waals surface area contributed by atoms with E-state index in [1.807, 2.05) is 0 Å². The first-order valence-corrected chi connectivity index (χ1v) is 10.1. The van der Waals surface area contributed by atoms with Crippen LogP contribution in [0.4, 0.5) is 0 Å². The first kappa shape index (κ1) is 21.8. The van der Waals surface area contributed by atoms with E-state index in [2.05, 4.69) is 5.32 Å². The summed E-state index contributed by atoms with van der Waals surface area (Å²) in [5.41, 5.74) is 0.418. The van der Waals surface area contributed by atoms with Gasteiger partial charge in [0.05, 0.1) is 14.2 Å². The number of hydrogen-bond acceptors (Lipinski definition) is 5. The molecular formula is C22H25ClN2O5.